The van der Waals surface area contributed by atoms with Crippen LogP contribution in [0.2, 0.25) is 0 Å². The molecule has 0 aliphatic carbocycles. The van der Waals surface area contributed by atoms with Crippen molar-refractivity contribution in [3.05, 3.63) is 29.7 Å². The van der Waals surface area contributed by atoms with Gasteiger partial charge in [0.25, 0.3) is 0 Å². The van der Waals surface area contributed by atoms with Gasteiger partial charge in [-0.2, -0.15) is 14.0 Å². The first-order valence-electron chi connectivity index (χ1n) is 5.63. The molecule has 2 aromatic rings. The summed E-state index contributed by atoms with van der Waals surface area (Å²) in [4.78, 5) is 0. The monoisotopic (exact) mass is 268 g/mol. The molecule has 0 fully saturated rings. The lowest BCUT2D eigenvalue weighted by atomic mass is 10.2. The minimum Gasteiger partial charge on any atom is -0.432 e. The number of rotatable bonds is 3. The van der Waals surface area contributed by atoms with E-state index >= 15 is 0 Å². The van der Waals surface area contributed by atoms with Crippen molar-refractivity contribution in [3.8, 4) is 11.8 Å². The van der Waals surface area contributed by atoms with E-state index in [9.17, 15) is 13.2 Å². The summed E-state index contributed by atoms with van der Waals surface area (Å²) in [6.07, 6.45) is 1.57. The molecule has 1 aromatic heterocycles. The summed E-state index contributed by atoms with van der Waals surface area (Å²) in [7, 11) is 0. The van der Waals surface area contributed by atoms with Gasteiger partial charge in [0, 0.05) is 23.7 Å². The second-order valence-electron chi connectivity index (χ2n) is 4.33. The number of fused-ring (bicyclic) bond motifs is 1. The fraction of sp³-hybridized carbons (Fsp3) is 0.308. The Bertz CT molecular complexity index is 656. The zero-order valence-electron chi connectivity index (χ0n) is 10.3. The van der Waals surface area contributed by atoms with Crippen molar-refractivity contribution in [2.45, 2.75) is 26.5 Å². The Morgan fingerprint density at radius 2 is 2.00 bits per heavy atom. The molecule has 0 atom stereocenters. The summed E-state index contributed by atoms with van der Waals surface area (Å²) in [5.41, 5.74) is 0.787. The number of alkyl halides is 2. The van der Waals surface area contributed by atoms with E-state index in [1.807, 2.05) is 19.9 Å². The molecule has 0 spiro atoms. The number of benzene rings is 1. The fourth-order valence-corrected chi connectivity index (χ4v) is 1.95. The topological polar surface area (TPSA) is 38.0 Å². The second-order valence-corrected chi connectivity index (χ2v) is 4.33. The number of hydrogen-bond acceptors (Lipinski definition) is 2. The van der Waals surface area contributed by atoms with Crippen LogP contribution in [0.3, 0.4) is 0 Å². The smallest absolute Gasteiger partial charge is 0.387 e. The first kappa shape index (κ1) is 13.3. The summed E-state index contributed by atoms with van der Waals surface area (Å²) in [5, 5.41) is 9.38. The van der Waals surface area contributed by atoms with E-state index in [-0.39, 0.29) is 6.04 Å². The summed E-state index contributed by atoms with van der Waals surface area (Å²) < 4.78 is 43.8. The summed E-state index contributed by atoms with van der Waals surface area (Å²) in [6.45, 7) is 0.652. The maximum absolute atomic E-state index is 13.6. The number of hydrogen-bond donors (Lipinski definition) is 0. The highest BCUT2D eigenvalue weighted by atomic mass is 19.3. The molecule has 0 unspecified atom stereocenters. The molecule has 0 aliphatic heterocycles. The van der Waals surface area contributed by atoms with Crippen LogP contribution in [-0.4, -0.2) is 11.2 Å². The largest absolute Gasteiger partial charge is 0.432 e. The van der Waals surface area contributed by atoms with Gasteiger partial charge >= 0.3 is 6.61 Å². The van der Waals surface area contributed by atoms with Crippen LogP contribution in [-0.2, 0) is 0 Å². The van der Waals surface area contributed by atoms with E-state index in [2.05, 4.69) is 4.74 Å². The zero-order valence-corrected chi connectivity index (χ0v) is 10.3. The van der Waals surface area contributed by atoms with Crippen LogP contribution >= 0.6 is 0 Å². The first-order chi connectivity index (χ1) is 8.93. The third-order valence-electron chi connectivity index (χ3n) is 2.78. The van der Waals surface area contributed by atoms with Gasteiger partial charge < -0.3 is 9.30 Å². The van der Waals surface area contributed by atoms with Crippen molar-refractivity contribution in [1.29, 1.82) is 5.26 Å². The Kier molecular flexibility index (Phi) is 3.38. The van der Waals surface area contributed by atoms with Crippen molar-refractivity contribution in [2.24, 2.45) is 0 Å². The highest BCUT2D eigenvalue weighted by Crippen LogP contribution is 2.31. The number of nitrogens with zero attached hydrogens (tertiary/aromatic N) is 2. The predicted molar refractivity (Wildman–Crippen MR) is 63.6 cm³/mol. The molecule has 19 heavy (non-hydrogen) atoms. The summed E-state index contributed by atoms with van der Waals surface area (Å²) >= 11 is 0. The van der Waals surface area contributed by atoms with Gasteiger partial charge in [0.1, 0.15) is 6.07 Å². The SMILES string of the molecule is CC(C)n1cc(C#N)c2cc(F)c(OC(F)F)cc21. The molecule has 1 aromatic carbocycles. The molecule has 2 rings (SSSR count). The van der Waals surface area contributed by atoms with Crippen LogP contribution in [0, 0.1) is 17.1 Å². The molecular formula is C13H11F3N2O. The summed E-state index contributed by atoms with van der Waals surface area (Å²) in [5.74, 6) is -1.43. The van der Waals surface area contributed by atoms with Gasteiger partial charge in [0.2, 0.25) is 0 Å². The maximum Gasteiger partial charge on any atom is 0.387 e. The normalized spacial score (nSPS) is 11.3. The number of halogens is 3. The average molecular weight is 268 g/mol. The fourth-order valence-electron chi connectivity index (χ4n) is 1.95. The van der Waals surface area contributed by atoms with Crippen molar-refractivity contribution in [3.63, 3.8) is 0 Å². The maximum atomic E-state index is 13.6. The zero-order chi connectivity index (χ0) is 14.2. The number of nitriles is 1. The lowest BCUT2D eigenvalue weighted by Gasteiger charge is -2.11. The van der Waals surface area contributed by atoms with E-state index in [0.29, 0.717) is 16.5 Å². The van der Waals surface area contributed by atoms with Gasteiger partial charge in [0.05, 0.1) is 11.1 Å². The number of ether oxygens (including phenoxy) is 1. The average Bonchev–Trinajstić information content (AvgIpc) is 2.67. The van der Waals surface area contributed by atoms with Gasteiger partial charge in [-0.15, -0.1) is 0 Å². The molecule has 0 N–H and O–H groups in total. The quantitative estimate of drug-likeness (QED) is 0.848. The molecule has 0 amide bonds. The Hall–Kier alpha value is -2.16. The summed E-state index contributed by atoms with van der Waals surface area (Å²) in [6, 6.07) is 4.20. The predicted octanol–water partition coefficient (Wildman–Crippen LogP) is 3.83. The van der Waals surface area contributed by atoms with Crippen molar-refractivity contribution in [1.82, 2.24) is 4.57 Å². The van der Waals surface area contributed by atoms with Crippen LogP contribution < -0.4 is 4.74 Å². The Balaban J connectivity index is 2.69. The first-order valence-corrected chi connectivity index (χ1v) is 5.63. The van der Waals surface area contributed by atoms with E-state index in [1.165, 1.54) is 6.07 Å². The molecule has 6 heteroatoms. The second kappa shape index (κ2) is 4.84. The lowest BCUT2D eigenvalue weighted by molar-refractivity contribution is -0.0520. The minimum absolute atomic E-state index is 0.00876. The molecule has 0 radical (unpaired) electrons. The van der Waals surface area contributed by atoms with E-state index in [1.54, 1.807) is 10.8 Å². The van der Waals surface area contributed by atoms with Gasteiger partial charge in [-0.3, -0.25) is 0 Å². The molecule has 0 saturated carbocycles. The lowest BCUT2D eigenvalue weighted by Crippen LogP contribution is -2.04. The molecule has 100 valence electrons. The van der Waals surface area contributed by atoms with Crippen LogP contribution in [0.1, 0.15) is 25.5 Å². The molecule has 0 saturated heterocycles. The van der Waals surface area contributed by atoms with E-state index in [0.717, 1.165) is 6.07 Å². The van der Waals surface area contributed by atoms with Gasteiger partial charge in [0.15, 0.2) is 11.6 Å². The van der Waals surface area contributed by atoms with Gasteiger partial charge in [-0.05, 0) is 19.9 Å². The standard InChI is InChI=1S/C13H11F3N2O/c1-7(2)18-6-8(5-17)9-3-10(14)12(4-11(9)18)19-13(15)16/h3-4,6-7,13H,1-2H3. The Morgan fingerprint density at radius 3 is 2.53 bits per heavy atom. The van der Waals surface area contributed by atoms with Crippen LogP contribution in [0.25, 0.3) is 10.9 Å². The van der Waals surface area contributed by atoms with Crippen molar-refractivity contribution in [2.75, 3.05) is 0 Å². The Morgan fingerprint density at radius 1 is 1.32 bits per heavy atom. The van der Waals surface area contributed by atoms with Gasteiger partial charge in [-0.1, -0.05) is 0 Å². The molecular weight excluding hydrogens is 257 g/mol. The van der Waals surface area contributed by atoms with Gasteiger partial charge in [-0.25, -0.2) is 4.39 Å². The van der Waals surface area contributed by atoms with Crippen LogP contribution in [0.4, 0.5) is 13.2 Å². The molecule has 1 heterocycles. The van der Waals surface area contributed by atoms with Crippen molar-refractivity contribution >= 4 is 10.9 Å². The highest BCUT2D eigenvalue weighted by molar-refractivity contribution is 5.87. The van der Waals surface area contributed by atoms with E-state index in [4.69, 9.17) is 5.26 Å². The van der Waals surface area contributed by atoms with E-state index < -0.39 is 18.2 Å². The number of aromatic nitrogens is 1. The molecule has 0 bridgehead atoms. The molecule has 0 aliphatic rings. The third-order valence-corrected chi connectivity index (χ3v) is 2.78. The minimum atomic E-state index is -3.09. The molecule has 3 nitrogen and oxygen atoms in total. The third kappa shape index (κ3) is 2.36. The van der Waals surface area contributed by atoms with Crippen molar-refractivity contribution < 1.29 is 17.9 Å². The van der Waals surface area contributed by atoms with Crippen LogP contribution in [0.15, 0.2) is 18.3 Å². The van der Waals surface area contributed by atoms with Crippen LogP contribution in [0.5, 0.6) is 5.75 Å². The Labute approximate surface area is 107 Å². The highest BCUT2D eigenvalue weighted by Gasteiger charge is 2.17.